The lowest BCUT2D eigenvalue weighted by Crippen LogP contribution is -2.31. The van der Waals surface area contributed by atoms with Crippen LogP contribution in [0.3, 0.4) is 0 Å². The fraction of sp³-hybridized carbons (Fsp3) is 0.364. The van der Waals surface area contributed by atoms with Gasteiger partial charge in [0.25, 0.3) is 0 Å². The van der Waals surface area contributed by atoms with Gasteiger partial charge in [0.05, 0.1) is 0 Å². The summed E-state index contributed by atoms with van der Waals surface area (Å²) in [7, 11) is 0. The molecule has 1 aromatic rings. The Bertz CT molecular complexity index is 362. The van der Waals surface area contributed by atoms with Gasteiger partial charge in [0.1, 0.15) is 18.5 Å². The van der Waals surface area contributed by atoms with Crippen LogP contribution in [0.4, 0.5) is 13.2 Å². The van der Waals surface area contributed by atoms with Crippen molar-refractivity contribution in [2.45, 2.75) is 19.2 Å². The molecule has 17 heavy (non-hydrogen) atoms. The Morgan fingerprint density at radius 2 is 1.88 bits per heavy atom. The Morgan fingerprint density at radius 1 is 1.29 bits per heavy atom. The predicted molar refractivity (Wildman–Crippen MR) is 53.5 cm³/mol. The zero-order chi connectivity index (χ0) is 12.9. The summed E-state index contributed by atoms with van der Waals surface area (Å²) in [5, 5.41) is 0. The second kappa shape index (κ2) is 5.56. The summed E-state index contributed by atoms with van der Waals surface area (Å²) in [6, 6.07) is 8.53. The highest BCUT2D eigenvalue weighted by atomic mass is 19.4. The monoisotopic (exact) mass is 248 g/mol. The number of hydrogen-bond acceptors (Lipinski definition) is 3. The number of carbonyl (C=O) groups is 1. The molecule has 0 saturated heterocycles. The fourth-order valence-corrected chi connectivity index (χ4v) is 1.01. The highest BCUT2D eigenvalue weighted by molar-refractivity contribution is 5.75. The van der Waals surface area contributed by atoms with Crippen molar-refractivity contribution < 1.29 is 27.4 Å². The van der Waals surface area contributed by atoms with Crippen LogP contribution in [0.1, 0.15) is 6.92 Å². The van der Waals surface area contributed by atoms with Gasteiger partial charge in [0, 0.05) is 0 Å². The van der Waals surface area contributed by atoms with Crippen LogP contribution in [0.15, 0.2) is 30.3 Å². The van der Waals surface area contributed by atoms with E-state index in [0.29, 0.717) is 5.75 Å². The third-order valence-corrected chi connectivity index (χ3v) is 1.77. The number of alkyl halides is 3. The largest absolute Gasteiger partial charge is 0.490 e. The number of para-hydroxylation sites is 1. The van der Waals surface area contributed by atoms with Crippen LogP contribution >= 0.6 is 0 Å². The lowest BCUT2D eigenvalue weighted by Gasteiger charge is -2.15. The van der Waals surface area contributed by atoms with E-state index in [2.05, 4.69) is 4.74 Å². The van der Waals surface area contributed by atoms with E-state index in [1.807, 2.05) is 0 Å². The molecule has 0 bridgehead atoms. The Hall–Kier alpha value is -1.72. The smallest absolute Gasteiger partial charge is 0.490 e. The van der Waals surface area contributed by atoms with E-state index in [-0.39, 0.29) is 6.61 Å². The summed E-state index contributed by atoms with van der Waals surface area (Å²) in [5.41, 5.74) is 0. The zero-order valence-electron chi connectivity index (χ0n) is 9.03. The van der Waals surface area contributed by atoms with Crippen molar-refractivity contribution in [2.75, 3.05) is 6.61 Å². The van der Waals surface area contributed by atoms with Crippen molar-refractivity contribution >= 4 is 5.97 Å². The van der Waals surface area contributed by atoms with Gasteiger partial charge in [0.2, 0.25) is 0 Å². The van der Waals surface area contributed by atoms with Crippen molar-refractivity contribution in [1.29, 1.82) is 0 Å². The minimum absolute atomic E-state index is 0.133. The van der Waals surface area contributed by atoms with Crippen LogP contribution in [0, 0.1) is 0 Å². The number of rotatable bonds is 4. The molecule has 0 amide bonds. The number of ether oxygens (including phenoxy) is 2. The van der Waals surface area contributed by atoms with Crippen molar-refractivity contribution in [1.82, 2.24) is 0 Å². The van der Waals surface area contributed by atoms with E-state index in [4.69, 9.17) is 4.74 Å². The highest BCUT2D eigenvalue weighted by Gasteiger charge is 2.41. The first-order chi connectivity index (χ1) is 7.89. The maximum Gasteiger partial charge on any atom is 0.490 e. The van der Waals surface area contributed by atoms with E-state index >= 15 is 0 Å². The molecule has 0 aromatic heterocycles. The van der Waals surface area contributed by atoms with E-state index in [1.54, 1.807) is 30.3 Å². The Morgan fingerprint density at radius 3 is 2.41 bits per heavy atom. The van der Waals surface area contributed by atoms with Gasteiger partial charge in [-0.3, -0.25) is 0 Å². The second-order valence-electron chi connectivity index (χ2n) is 3.34. The van der Waals surface area contributed by atoms with Crippen LogP contribution in [-0.4, -0.2) is 24.9 Å². The third kappa shape index (κ3) is 4.76. The molecule has 0 radical (unpaired) electrons. The summed E-state index contributed by atoms with van der Waals surface area (Å²) in [6.07, 6.45) is -5.94. The average Bonchev–Trinajstić information content (AvgIpc) is 2.26. The lowest BCUT2D eigenvalue weighted by atomic mass is 10.3. The summed E-state index contributed by atoms with van der Waals surface area (Å²) in [4.78, 5) is 10.5. The minimum atomic E-state index is -4.97. The van der Waals surface area contributed by atoms with Gasteiger partial charge in [-0.2, -0.15) is 13.2 Å². The molecule has 3 nitrogen and oxygen atoms in total. The van der Waals surface area contributed by atoms with Gasteiger partial charge in [-0.05, 0) is 19.1 Å². The van der Waals surface area contributed by atoms with Crippen LogP contribution in [-0.2, 0) is 9.53 Å². The maximum absolute atomic E-state index is 11.9. The third-order valence-electron chi connectivity index (χ3n) is 1.77. The first-order valence-electron chi connectivity index (χ1n) is 4.85. The quantitative estimate of drug-likeness (QED) is 0.768. The molecule has 0 aliphatic heterocycles. The molecule has 1 aromatic carbocycles. The predicted octanol–water partition coefficient (Wildman–Crippen LogP) is 2.56. The zero-order valence-corrected chi connectivity index (χ0v) is 9.03. The molecule has 0 heterocycles. The first kappa shape index (κ1) is 13.3. The first-order valence-corrected chi connectivity index (χ1v) is 4.85. The Kier molecular flexibility index (Phi) is 4.37. The number of hydrogen-bond donors (Lipinski definition) is 0. The van der Waals surface area contributed by atoms with E-state index < -0.39 is 18.2 Å². The van der Waals surface area contributed by atoms with E-state index in [1.165, 1.54) is 6.92 Å². The van der Waals surface area contributed by atoms with Gasteiger partial charge < -0.3 is 9.47 Å². The molecule has 0 N–H and O–H groups in total. The minimum Gasteiger partial charge on any atom is -0.490 e. The van der Waals surface area contributed by atoms with Crippen LogP contribution in [0.2, 0.25) is 0 Å². The summed E-state index contributed by atoms with van der Waals surface area (Å²) < 4.78 is 44.9. The van der Waals surface area contributed by atoms with Crippen molar-refractivity contribution in [3.8, 4) is 5.75 Å². The van der Waals surface area contributed by atoms with Crippen molar-refractivity contribution in [2.24, 2.45) is 0 Å². The molecular weight excluding hydrogens is 237 g/mol. The summed E-state index contributed by atoms with van der Waals surface area (Å²) >= 11 is 0. The van der Waals surface area contributed by atoms with Gasteiger partial charge in [-0.1, -0.05) is 18.2 Å². The molecule has 0 aliphatic carbocycles. The molecule has 94 valence electrons. The van der Waals surface area contributed by atoms with Crippen molar-refractivity contribution in [3.05, 3.63) is 30.3 Å². The van der Waals surface area contributed by atoms with Crippen LogP contribution in [0.5, 0.6) is 5.75 Å². The molecule has 0 saturated carbocycles. The van der Waals surface area contributed by atoms with Gasteiger partial charge in [0.15, 0.2) is 0 Å². The molecular formula is C11H11F3O3. The van der Waals surface area contributed by atoms with E-state index in [0.717, 1.165) is 0 Å². The Balaban J connectivity index is 2.36. The number of halogens is 3. The fourth-order valence-electron chi connectivity index (χ4n) is 1.01. The molecule has 1 rings (SSSR count). The van der Waals surface area contributed by atoms with Crippen molar-refractivity contribution in [3.63, 3.8) is 0 Å². The van der Waals surface area contributed by atoms with Crippen LogP contribution in [0.25, 0.3) is 0 Å². The van der Waals surface area contributed by atoms with E-state index in [9.17, 15) is 18.0 Å². The van der Waals surface area contributed by atoms with Gasteiger partial charge in [-0.25, -0.2) is 4.79 Å². The highest BCUT2D eigenvalue weighted by Crippen LogP contribution is 2.17. The standard InChI is InChI=1S/C11H11F3O3/c1-8(17-10(15)11(12,13)14)7-16-9-5-3-2-4-6-9/h2-6,8H,7H2,1H3. The Labute approximate surface area is 96.1 Å². The van der Waals surface area contributed by atoms with Crippen LogP contribution < -0.4 is 4.74 Å². The molecule has 1 atom stereocenters. The summed E-state index contributed by atoms with van der Waals surface area (Å²) in [6.45, 7) is 1.19. The molecule has 0 aliphatic rings. The number of carbonyl (C=O) groups excluding carboxylic acids is 1. The lowest BCUT2D eigenvalue weighted by molar-refractivity contribution is -0.205. The maximum atomic E-state index is 11.9. The summed E-state index contributed by atoms with van der Waals surface area (Å²) in [5.74, 6) is -1.70. The molecule has 0 fully saturated rings. The molecule has 1 unspecified atom stereocenters. The normalized spacial score (nSPS) is 12.9. The van der Waals surface area contributed by atoms with Gasteiger partial charge in [-0.15, -0.1) is 0 Å². The SMILES string of the molecule is CC(COc1ccccc1)OC(=O)C(F)(F)F. The number of esters is 1. The molecule has 6 heteroatoms. The average molecular weight is 248 g/mol. The van der Waals surface area contributed by atoms with Gasteiger partial charge >= 0.3 is 12.1 Å². The second-order valence-corrected chi connectivity index (χ2v) is 3.34. The topological polar surface area (TPSA) is 35.5 Å². The number of benzene rings is 1. The molecule has 0 spiro atoms.